The molecule has 3 N–H and O–H groups in total. The van der Waals surface area contributed by atoms with Gasteiger partial charge in [-0.3, -0.25) is 14.8 Å². The van der Waals surface area contributed by atoms with E-state index in [1.165, 1.54) is 25.5 Å². The summed E-state index contributed by atoms with van der Waals surface area (Å²) in [6.07, 6.45) is 8.47. The third-order valence-corrected chi connectivity index (χ3v) is 6.31. The maximum Gasteiger partial charge on any atom is 0.310 e. The number of rotatable bonds is 4. The third kappa shape index (κ3) is 2.53. The van der Waals surface area contributed by atoms with Crippen molar-refractivity contribution in [2.45, 2.75) is 51.5 Å². The average Bonchev–Trinajstić information content (AvgIpc) is 3.03. The van der Waals surface area contributed by atoms with Crippen molar-refractivity contribution in [2.24, 2.45) is 23.2 Å². The molecular formula is C18H24N2O4. The van der Waals surface area contributed by atoms with Gasteiger partial charge in [-0.15, -0.1) is 0 Å². The Hall–Kier alpha value is -1.82. The summed E-state index contributed by atoms with van der Waals surface area (Å²) in [5, 5.41) is 11.8. The molecule has 4 bridgehead atoms. The second kappa shape index (κ2) is 5.62. The zero-order chi connectivity index (χ0) is 16.9. The molecule has 0 aliphatic heterocycles. The molecule has 6 heteroatoms. The lowest BCUT2D eigenvalue weighted by molar-refractivity contribution is -0.147. The lowest BCUT2D eigenvalue weighted by Crippen LogP contribution is -2.53. The lowest BCUT2D eigenvalue weighted by atomic mass is 9.49. The molecule has 0 spiro atoms. The van der Waals surface area contributed by atoms with E-state index in [4.69, 9.17) is 9.62 Å². The molecule has 1 aromatic heterocycles. The van der Waals surface area contributed by atoms with E-state index < -0.39 is 5.91 Å². The highest BCUT2D eigenvalue weighted by Gasteiger charge is 2.54. The first-order valence-electron chi connectivity index (χ1n) is 8.83. The Labute approximate surface area is 140 Å². The van der Waals surface area contributed by atoms with E-state index in [1.807, 2.05) is 6.92 Å². The Kier molecular flexibility index (Phi) is 3.67. The number of hydrogen-bond donors (Lipinski definition) is 3. The van der Waals surface area contributed by atoms with Crippen molar-refractivity contribution in [3.8, 4) is 0 Å². The quantitative estimate of drug-likeness (QED) is 0.584. The number of carbonyl (C=O) groups is 2. The molecule has 4 saturated carbocycles. The number of furan rings is 1. The van der Waals surface area contributed by atoms with Crippen molar-refractivity contribution < 1.29 is 19.2 Å². The molecule has 0 saturated heterocycles. The van der Waals surface area contributed by atoms with Gasteiger partial charge in [-0.1, -0.05) is 0 Å². The van der Waals surface area contributed by atoms with Gasteiger partial charge in [0, 0.05) is 11.0 Å². The van der Waals surface area contributed by atoms with Crippen LogP contribution in [0.2, 0.25) is 0 Å². The lowest BCUT2D eigenvalue weighted by Gasteiger charge is -2.55. The standard InChI is InChI=1S/C18H24N2O4/c1-10(14-5-15(24-9-14)16(21)20-23)19-17(22)18-6-11-2-12(7-18)4-13(3-11)8-18/h5,9-13,23H,2-4,6-8H2,1H3,(H,19,22)(H,20,21). The SMILES string of the molecule is CC(NC(=O)C12CC3CC(CC(C3)C1)C2)c1coc(C(=O)NO)c1. The van der Waals surface area contributed by atoms with E-state index >= 15 is 0 Å². The number of hydroxylamine groups is 1. The van der Waals surface area contributed by atoms with Crippen molar-refractivity contribution in [1.29, 1.82) is 0 Å². The van der Waals surface area contributed by atoms with Crippen LogP contribution in [0, 0.1) is 23.2 Å². The maximum atomic E-state index is 13.0. The van der Waals surface area contributed by atoms with Gasteiger partial charge in [-0.05, 0) is 69.3 Å². The highest BCUT2D eigenvalue weighted by atomic mass is 16.5. The Balaban J connectivity index is 1.46. The second-order valence-electron chi connectivity index (χ2n) is 8.08. The molecule has 2 amide bonds. The molecule has 1 atom stereocenters. The minimum atomic E-state index is -0.694. The largest absolute Gasteiger partial charge is 0.459 e. The van der Waals surface area contributed by atoms with Gasteiger partial charge in [-0.2, -0.15) is 0 Å². The Bertz CT molecular complexity index is 630. The molecule has 0 aromatic carbocycles. The minimum Gasteiger partial charge on any atom is -0.459 e. The summed E-state index contributed by atoms with van der Waals surface area (Å²) in [6, 6.07) is 1.32. The van der Waals surface area contributed by atoms with Crippen molar-refractivity contribution >= 4 is 11.8 Å². The van der Waals surface area contributed by atoms with Crippen LogP contribution in [0.4, 0.5) is 0 Å². The van der Waals surface area contributed by atoms with Crippen molar-refractivity contribution in [3.63, 3.8) is 0 Å². The van der Waals surface area contributed by atoms with E-state index in [1.54, 1.807) is 11.5 Å². The van der Waals surface area contributed by atoms with Crippen LogP contribution in [0.3, 0.4) is 0 Å². The van der Waals surface area contributed by atoms with E-state index in [-0.39, 0.29) is 23.1 Å². The summed E-state index contributed by atoms with van der Waals surface area (Å²) in [5.74, 6) is 1.68. The van der Waals surface area contributed by atoms with Gasteiger partial charge in [-0.25, -0.2) is 5.48 Å². The van der Waals surface area contributed by atoms with Crippen LogP contribution in [0.5, 0.6) is 0 Å². The van der Waals surface area contributed by atoms with Gasteiger partial charge >= 0.3 is 5.91 Å². The summed E-state index contributed by atoms with van der Waals surface area (Å²) >= 11 is 0. The molecule has 0 radical (unpaired) electrons. The van der Waals surface area contributed by atoms with E-state index in [9.17, 15) is 9.59 Å². The fraction of sp³-hybridized carbons (Fsp3) is 0.667. The molecule has 130 valence electrons. The van der Waals surface area contributed by atoms with Crippen LogP contribution >= 0.6 is 0 Å². The van der Waals surface area contributed by atoms with Crippen molar-refractivity contribution in [2.75, 3.05) is 0 Å². The number of hydrogen-bond acceptors (Lipinski definition) is 4. The smallest absolute Gasteiger partial charge is 0.310 e. The van der Waals surface area contributed by atoms with E-state index in [0.717, 1.165) is 42.6 Å². The first-order valence-corrected chi connectivity index (χ1v) is 8.83. The minimum absolute atomic E-state index is 0.0309. The van der Waals surface area contributed by atoms with Gasteiger partial charge in [0.05, 0.1) is 12.3 Å². The predicted molar refractivity (Wildman–Crippen MR) is 85.1 cm³/mol. The molecule has 4 aliphatic rings. The molecular weight excluding hydrogens is 308 g/mol. The maximum absolute atomic E-state index is 13.0. The monoisotopic (exact) mass is 332 g/mol. The zero-order valence-corrected chi connectivity index (χ0v) is 13.9. The van der Waals surface area contributed by atoms with Gasteiger partial charge < -0.3 is 9.73 Å². The fourth-order valence-electron chi connectivity index (χ4n) is 5.57. The van der Waals surface area contributed by atoms with Crippen LogP contribution in [0.15, 0.2) is 16.7 Å². The summed E-state index contributed by atoms with van der Waals surface area (Å²) in [7, 11) is 0. The summed E-state index contributed by atoms with van der Waals surface area (Å²) in [4.78, 5) is 24.4. The van der Waals surface area contributed by atoms with Gasteiger partial charge in [0.25, 0.3) is 0 Å². The fourth-order valence-corrected chi connectivity index (χ4v) is 5.57. The van der Waals surface area contributed by atoms with Gasteiger partial charge in [0.15, 0.2) is 5.76 Å². The average molecular weight is 332 g/mol. The first kappa shape index (κ1) is 15.7. The van der Waals surface area contributed by atoms with Crippen LogP contribution in [-0.4, -0.2) is 17.0 Å². The summed E-state index contributed by atoms with van der Waals surface area (Å²) in [6.45, 7) is 1.89. The molecule has 4 fully saturated rings. The van der Waals surface area contributed by atoms with Crippen molar-refractivity contribution in [3.05, 3.63) is 23.7 Å². The molecule has 1 aromatic rings. The van der Waals surface area contributed by atoms with Crippen LogP contribution in [-0.2, 0) is 4.79 Å². The van der Waals surface area contributed by atoms with Crippen LogP contribution in [0.1, 0.15) is 67.6 Å². The first-order chi connectivity index (χ1) is 11.5. The number of amides is 2. The molecule has 24 heavy (non-hydrogen) atoms. The normalized spacial score (nSPS) is 34.8. The molecule has 6 nitrogen and oxygen atoms in total. The van der Waals surface area contributed by atoms with Crippen LogP contribution < -0.4 is 10.8 Å². The molecule has 5 rings (SSSR count). The molecule has 4 aliphatic carbocycles. The predicted octanol–water partition coefficient (Wildman–Crippen LogP) is 2.79. The topological polar surface area (TPSA) is 91.6 Å². The summed E-state index contributed by atoms with van der Waals surface area (Å²) in [5.41, 5.74) is 2.09. The van der Waals surface area contributed by atoms with Gasteiger partial charge in [0.2, 0.25) is 5.91 Å². The summed E-state index contributed by atoms with van der Waals surface area (Å²) < 4.78 is 5.15. The molecule has 1 unspecified atom stereocenters. The van der Waals surface area contributed by atoms with E-state index in [0.29, 0.717) is 0 Å². The highest BCUT2D eigenvalue weighted by molar-refractivity contribution is 5.90. The van der Waals surface area contributed by atoms with E-state index in [2.05, 4.69) is 5.32 Å². The second-order valence-corrected chi connectivity index (χ2v) is 8.08. The third-order valence-electron chi connectivity index (χ3n) is 6.31. The zero-order valence-electron chi connectivity index (χ0n) is 13.9. The van der Waals surface area contributed by atoms with Crippen molar-refractivity contribution in [1.82, 2.24) is 10.8 Å². The number of nitrogens with one attached hydrogen (secondary N) is 2. The van der Waals surface area contributed by atoms with Crippen LogP contribution in [0.25, 0.3) is 0 Å². The van der Waals surface area contributed by atoms with Gasteiger partial charge in [0.1, 0.15) is 0 Å². The molecule has 1 heterocycles. The Morgan fingerprint density at radius 3 is 2.33 bits per heavy atom. The number of carbonyl (C=O) groups excluding carboxylic acids is 2. The highest BCUT2D eigenvalue weighted by Crippen LogP contribution is 2.60. The Morgan fingerprint density at radius 2 is 1.79 bits per heavy atom. The Morgan fingerprint density at radius 1 is 1.21 bits per heavy atom.